The SMILES string of the molecule is CCSC(C)(S)S.[H-].[H-].[Na+].[Na+]. The van der Waals surface area contributed by atoms with Gasteiger partial charge in [0.2, 0.25) is 0 Å². The van der Waals surface area contributed by atoms with Gasteiger partial charge in [0, 0.05) is 0 Å². The van der Waals surface area contributed by atoms with Gasteiger partial charge in [-0.05, 0) is 12.7 Å². The maximum atomic E-state index is 4.16. The largest absolute Gasteiger partial charge is 1.00 e. The van der Waals surface area contributed by atoms with Crippen LogP contribution >= 0.6 is 37.0 Å². The van der Waals surface area contributed by atoms with Crippen LogP contribution in [0.15, 0.2) is 0 Å². The molecule has 0 radical (unpaired) electrons. The molecule has 0 N–H and O–H groups in total. The summed E-state index contributed by atoms with van der Waals surface area (Å²) in [5.74, 6) is 1.07. The Hall–Kier alpha value is 3.05. The molecule has 0 heterocycles. The second-order valence-electron chi connectivity index (χ2n) is 1.37. The molecule has 0 saturated heterocycles. The Labute approximate surface area is 120 Å². The van der Waals surface area contributed by atoms with Gasteiger partial charge in [0.1, 0.15) is 0 Å². The molecule has 5 heteroatoms. The molecule has 0 amide bonds. The molecule has 0 atom stereocenters. The van der Waals surface area contributed by atoms with Gasteiger partial charge in [-0.3, -0.25) is 0 Å². The predicted octanol–water partition coefficient (Wildman–Crippen LogP) is -3.49. The summed E-state index contributed by atoms with van der Waals surface area (Å²) >= 11 is 10.0. The monoisotopic (exact) mass is 202 g/mol. The maximum Gasteiger partial charge on any atom is 1.00 e. The molecule has 0 aromatic rings. The number of rotatable bonds is 2. The Bertz CT molecular complexity index is 59.8. The first-order chi connectivity index (χ1) is 3.06. The van der Waals surface area contributed by atoms with Crippen molar-refractivity contribution in [1.82, 2.24) is 0 Å². The smallest absolute Gasteiger partial charge is 1.00 e. The minimum absolute atomic E-state index is 0. The van der Waals surface area contributed by atoms with Crippen molar-refractivity contribution in [2.45, 2.75) is 17.3 Å². The molecule has 0 aromatic carbocycles. The molecule has 48 valence electrons. The Morgan fingerprint density at radius 2 is 1.78 bits per heavy atom. The van der Waals surface area contributed by atoms with Gasteiger partial charge in [-0.2, -0.15) is 25.3 Å². The van der Waals surface area contributed by atoms with E-state index in [1.54, 1.807) is 11.8 Å². The molecule has 0 unspecified atom stereocenters. The number of hydrogen-bond donors (Lipinski definition) is 2. The second kappa shape index (κ2) is 9.14. The van der Waals surface area contributed by atoms with Gasteiger partial charge >= 0.3 is 59.1 Å². The van der Waals surface area contributed by atoms with Gasteiger partial charge in [-0.25, -0.2) is 0 Å². The summed E-state index contributed by atoms with van der Waals surface area (Å²) in [6.07, 6.45) is 0. The summed E-state index contributed by atoms with van der Waals surface area (Å²) < 4.78 is -0.144. The first-order valence-electron chi connectivity index (χ1n) is 2.15. The van der Waals surface area contributed by atoms with Crippen LogP contribution < -0.4 is 59.1 Å². The van der Waals surface area contributed by atoms with E-state index in [1.807, 2.05) is 6.92 Å². The Morgan fingerprint density at radius 1 is 1.44 bits per heavy atom. The standard InChI is InChI=1S/C4H10S3.2Na.2H/c1-3-7-4(2,5)6;;;;/h5-6H,3H2,1-2H3;;;;/q;2*+1;2*-1. The van der Waals surface area contributed by atoms with E-state index < -0.39 is 0 Å². The van der Waals surface area contributed by atoms with E-state index in [-0.39, 0.29) is 65.4 Å². The normalized spacial score (nSPS) is 9.33. The fraction of sp³-hybridized carbons (Fsp3) is 1.00. The van der Waals surface area contributed by atoms with Crippen LogP contribution in [-0.4, -0.2) is 9.16 Å². The van der Waals surface area contributed by atoms with Crippen molar-refractivity contribution in [3.05, 3.63) is 0 Å². The van der Waals surface area contributed by atoms with E-state index in [1.165, 1.54) is 0 Å². The third-order valence-corrected chi connectivity index (χ3v) is 2.03. The third kappa shape index (κ3) is 18.2. The Kier molecular flexibility index (Phi) is 18.2. The molecular formula is C4H12Na2S3. The summed E-state index contributed by atoms with van der Waals surface area (Å²) in [4.78, 5) is 0. The Morgan fingerprint density at radius 3 is 1.78 bits per heavy atom. The first kappa shape index (κ1) is 18.0. The number of thiol groups is 2. The van der Waals surface area contributed by atoms with Crippen LogP contribution in [0.3, 0.4) is 0 Å². The van der Waals surface area contributed by atoms with Gasteiger partial charge in [0.15, 0.2) is 0 Å². The summed E-state index contributed by atoms with van der Waals surface area (Å²) in [6, 6.07) is 0. The summed E-state index contributed by atoms with van der Waals surface area (Å²) in [6.45, 7) is 4.06. The molecule has 0 saturated carbocycles. The molecule has 0 aliphatic carbocycles. The van der Waals surface area contributed by atoms with Gasteiger partial charge in [-0.1, -0.05) is 6.92 Å². The maximum absolute atomic E-state index is 4.16. The zero-order valence-electron chi connectivity index (χ0n) is 8.51. The van der Waals surface area contributed by atoms with E-state index >= 15 is 0 Å². The topological polar surface area (TPSA) is 0 Å². The van der Waals surface area contributed by atoms with Crippen molar-refractivity contribution < 1.29 is 62.0 Å². The minimum atomic E-state index is -0.144. The van der Waals surface area contributed by atoms with E-state index in [0.29, 0.717) is 0 Å². The summed E-state index contributed by atoms with van der Waals surface area (Å²) in [5.41, 5.74) is 0. The van der Waals surface area contributed by atoms with E-state index in [4.69, 9.17) is 0 Å². The third-order valence-electron chi connectivity index (χ3n) is 0.418. The van der Waals surface area contributed by atoms with Crippen molar-refractivity contribution in [3.63, 3.8) is 0 Å². The molecule has 0 rings (SSSR count). The van der Waals surface area contributed by atoms with Crippen molar-refractivity contribution in [3.8, 4) is 0 Å². The quantitative estimate of drug-likeness (QED) is 0.266. The van der Waals surface area contributed by atoms with Crippen LogP contribution in [0.1, 0.15) is 16.7 Å². The van der Waals surface area contributed by atoms with Crippen molar-refractivity contribution in [2.24, 2.45) is 0 Å². The summed E-state index contributed by atoms with van der Waals surface area (Å²) in [5, 5.41) is 0. The minimum Gasteiger partial charge on any atom is -1.00 e. The van der Waals surface area contributed by atoms with Crippen molar-refractivity contribution in [1.29, 1.82) is 0 Å². The molecule has 0 aliphatic heterocycles. The molecule has 0 bridgehead atoms. The van der Waals surface area contributed by atoms with Gasteiger partial charge in [0.05, 0.1) is 3.41 Å². The fourth-order valence-electron chi connectivity index (χ4n) is 0.273. The molecular weight excluding hydrogens is 190 g/mol. The second-order valence-corrected chi connectivity index (χ2v) is 5.80. The number of thioether (sulfide) groups is 1. The predicted molar refractivity (Wildman–Crippen MR) is 46.7 cm³/mol. The molecule has 0 aromatic heterocycles. The van der Waals surface area contributed by atoms with Crippen molar-refractivity contribution >= 4 is 37.0 Å². The van der Waals surface area contributed by atoms with Crippen LogP contribution in [0.2, 0.25) is 0 Å². The van der Waals surface area contributed by atoms with Crippen LogP contribution in [0.25, 0.3) is 0 Å². The average Bonchev–Trinajstić information content (AvgIpc) is 1.30. The van der Waals surface area contributed by atoms with E-state index in [0.717, 1.165) is 5.75 Å². The van der Waals surface area contributed by atoms with Gasteiger partial charge in [-0.15, -0.1) is 11.8 Å². The molecule has 9 heavy (non-hydrogen) atoms. The van der Waals surface area contributed by atoms with Crippen molar-refractivity contribution in [2.75, 3.05) is 5.75 Å². The van der Waals surface area contributed by atoms with E-state index in [2.05, 4.69) is 32.2 Å². The summed E-state index contributed by atoms with van der Waals surface area (Å²) in [7, 11) is 0. The fourth-order valence-corrected chi connectivity index (χ4v) is 1.59. The molecule has 0 nitrogen and oxygen atoms in total. The van der Waals surface area contributed by atoms with Crippen LogP contribution in [0.4, 0.5) is 0 Å². The zero-order chi connectivity index (χ0) is 5.91. The zero-order valence-corrected chi connectivity index (χ0v) is 13.1. The van der Waals surface area contributed by atoms with Gasteiger partial charge in [0.25, 0.3) is 0 Å². The molecule has 0 aliphatic rings. The average molecular weight is 202 g/mol. The van der Waals surface area contributed by atoms with Crippen LogP contribution in [-0.2, 0) is 0 Å². The number of hydrogen-bond acceptors (Lipinski definition) is 3. The van der Waals surface area contributed by atoms with E-state index in [9.17, 15) is 0 Å². The molecule has 0 spiro atoms. The first-order valence-corrected chi connectivity index (χ1v) is 4.03. The van der Waals surface area contributed by atoms with Crippen LogP contribution in [0, 0.1) is 0 Å². The van der Waals surface area contributed by atoms with Crippen LogP contribution in [0.5, 0.6) is 0 Å². The van der Waals surface area contributed by atoms with Gasteiger partial charge < -0.3 is 2.85 Å². The molecule has 0 fully saturated rings. The Balaban J connectivity index is -0.0000000300.